The molecule has 3 aliphatic rings. The summed E-state index contributed by atoms with van der Waals surface area (Å²) in [6.45, 7) is 12.3. The van der Waals surface area contributed by atoms with E-state index in [1.807, 2.05) is 0 Å². The van der Waals surface area contributed by atoms with Gasteiger partial charge in [0.05, 0.1) is 0 Å². The Balaban J connectivity index is 0.900. The van der Waals surface area contributed by atoms with Gasteiger partial charge in [0.25, 0.3) is 0 Å². The summed E-state index contributed by atoms with van der Waals surface area (Å²) >= 11 is 0. The highest BCUT2D eigenvalue weighted by Crippen LogP contribution is 2.63. The van der Waals surface area contributed by atoms with Crippen molar-refractivity contribution in [1.29, 1.82) is 0 Å². The molecule has 13 aromatic rings. The average molecular weight is 983 g/mol. The highest BCUT2D eigenvalue weighted by Gasteiger charge is 2.48. The molecular weight excluding hydrogens is 929 g/mol. The topological polar surface area (TPSA) is 13.1 Å². The van der Waals surface area contributed by atoms with Gasteiger partial charge in [0, 0.05) is 38.1 Å². The number of fused-ring (bicyclic) bond motifs is 16. The van der Waals surface area contributed by atoms with E-state index in [1.165, 1.54) is 122 Å². The van der Waals surface area contributed by atoms with E-state index in [0.29, 0.717) is 0 Å². The molecule has 16 rings (SSSR count). The van der Waals surface area contributed by atoms with Gasteiger partial charge < -0.3 is 4.42 Å². The van der Waals surface area contributed by atoms with Crippen LogP contribution in [0.15, 0.2) is 241 Å². The number of hydrogen-bond acceptors (Lipinski definition) is 1. The summed E-state index contributed by atoms with van der Waals surface area (Å²) in [7, 11) is 0. The van der Waals surface area contributed by atoms with Crippen LogP contribution in [0.5, 0.6) is 0 Å². The first-order valence-electron chi connectivity index (χ1n) is 27.3. The van der Waals surface area contributed by atoms with Crippen LogP contribution in [0.25, 0.3) is 121 Å². The van der Waals surface area contributed by atoms with Crippen LogP contribution >= 0.6 is 0 Å². The smallest absolute Gasteiger partial charge is 0.143 e. The Hall–Kier alpha value is -9.04. The molecule has 0 fully saturated rings. The minimum Gasteiger partial charge on any atom is -0.455 e. The van der Waals surface area contributed by atoms with Crippen molar-refractivity contribution in [1.82, 2.24) is 0 Å². The van der Waals surface area contributed by atoms with Crippen LogP contribution in [0.3, 0.4) is 0 Å². The van der Waals surface area contributed by atoms with Gasteiger partial charge in [-0.15, -0.1) is 0 Å². The second-order valence-electron chi connectivity index (χ2n) is 23.2. The van der Waals surface area contributed by atoms with E-state index in [1.54, 1.807) is 0 Å². The molecule has 1 heterocycles. The van der Waals surface area contributed by atoms with E-state index in [0.717, 1.165) is 38.6 Å². The quantitative estimate of drug-likeness (QED) is 0.167. The van der Waals surface area contributed by atoms with E-state index in [4.69, 9.17) is 4.42 Å². The Morgan fingerprint density at radius 2 is 0.610 bits per heavy atom. The zero-order chi connectivity index (χ0) is 51.5. The number of furan rings is 1. The molecule has 0 spiro atoms. The maximum Gasteiger partial charge on any atom is 0.143 e. The van der Waals surface area contributed by atoms with E-state index in [9.17, 15) is 0 Å². The van der Waals surface area contributed by atoms with Crippen LogP contribution in [0, 0.1) is 0 Å². The normalized spacial score (nSPS) is 16.1. The Labute approximate surface area is 449 Å². The Bertz CT molecular complexity index is 4670. The number of benzene rings is 12. The maximum atomic E-state index is 7.09. The average Bonchev–Trinajstić information content (AvgIpc) is 4.33. The molecule has 1 unspecified atom stereocenters. The van der Waals surface area contributed by atoms with Crippen LogP contribution < -0.4 is 0 Å². The van der Waals surface area contributed by atoms with Gasteiger partial charge in [-0.2, -0.15) is 0 Å². The molecule has 364 valence electrons. The Morgan fingerprint density at radius 1 is 0.247 bits per heavy atom. The molecule has 0 N–H and O–H groups in total. The van der Waals surface area contributed by atoms with Crippen LogP contribution in [-0.2, 0) is 16.2 Å². The van der Waals surface area contributed by atoms with Crippen molar-refractivity contribution in [2.75, 3.05) is 0 Å². The lowest BCUT2D eigenvalue weighted by Crippen LogP contribution is -2.23. The summed E-state index contributed by atoms with van der Waals surface area (Å²) in [6, 6.07) is 88.7. The van der Waals surface area contributed by atoms with E-state index in [2.05, 4.69) is 271 Å². The first-order valence-corrected chi connectivity index (χ1v) is 27.3. The second-order valence-corrected chi connectivity index (χ2v) is 23.2. The van der Waals surface area contributed by atoms with Gasteiger partial charge in [-0.05, 0) is 171 Å². The van der Waals surface area contributed by atoms with Crippen molar-refractivity contribution >= 4 is 43.5 Å². The largest absolute Gasteiger partial charge is 0.455 e. The third kappa shape index (κ3) is 5.95. The summed E-state index contributed by atoms with van der Waals surface area (Å²) in [5.74, 6) is 0. The molecule has 1 atom stereocenters. The predicted molar refractivity (Wildman–Crippen MR) is 323 cm³/mol. The first kappa shape index (κ1) is 44.3. The minimum atomic E-state index is -0.425. The first-order chi connectivity index (χ1) is 37.6. The van der Waals surface area contributed by atoms with E-state index < -0.39 is 5.41 Å². The van der Waals surface area contributed by atoms with Gasteiger partial charge in [-0.25, -0.2) is 0 Å². The number of para-hydroxylation sites is 2. The standard InChI is InChI=1S/C76H54O/c1-74(2)64-41-60-61-42-65-63(71-54-34-20-18-32-52(54)59(40-69(71)75(65,3)4)57-38-22-37-56-55-36-21-35-49(72(55)77-73(56)57)46-25-11-7-12-26-46)44-67(61)76(5,47-27-13-8-14-28-47)66(60)43-62(64)70-53-33-19-17-31-51(53)58(39-68(70)74)50-30-16-15-29-48(50)45-23-9-6-10-24-45/h6-44H,1-5H3. The molecule has 1 aromatic heterocycles. The second kappa shape index (κ2) is 15.8. The van der Waals surface area contributed by atoms with Crippen molar-refractivity contribution in [3.8, 4) is 77.9 Å². The molecule has 3 aliphatic carbocycles. The molecular formula is C76H54O. The van der Waals surface area contributed by atoms with Crippen LogP contribution in [0.2, 0.25) is 0 Å². The Kier molecular flexibility index (Phi) is 9.06. The fourth-order valence-corrected chi connectivity index (χ4v) is 14.7. The highest BCUT2D eigenvalue weighted by molar-refractivity contribution is 6.17. The lowest BCUT2D eigenvalue weighted by molar-refractivity contribution is 0.659. The molecule has 0 radical (unpaired) electrons. The third-order valence-electron chi connectivity index (χ3n) is 18.6. The molecule has 0 saturated carbocycles. The van der Waals surface area contributed by atoms with Gasteiger partial charge in [0.2, 0.25) is 0 Å². The van der Waals surface area contributed by atoms with Crippen LogP contribution in [0.4, 0.5) is 0 Å². The summed E-state index contributed by atoms with van der Waals surface area (Å²) in [5.41, 5.74) is 28.1. The summed E-state index contributed by atoms with van der Waals surface area (Å²) < 4.78 is 7.09. The molecule has 1 heteroatoms. The van der Waals surface area contributed by atoms with Crippen molar-refractivity contribution in [3.05, 3.63) is 276 Å². The monoisotopic (exact) mass is 982 g/mol. The Morgan fingerprint density at radius 3 is 1.14 bits per heavy atom. The van der Waals surface area contributed by atoms with Gasteiger partial charge in [-0.3, -0.25) is 0 Å². The van der Waals surface area contributed by atoms with Crippen molar-refractivity contribution in [2.24, 2.45) is 0 Å². The summed E-state index contributed by atoms with van der Waals surface area (Å²) in [5, 5.41) is 7.38. The molecule has 0 saturated heterocycles. The van der Waals surface area contributed by atoms with Crippen molar-refractivity contribution in [2.45, 2.75) is 50.9 Å². The van der Waals surface area contributed by atoms with Gasteiger partial charge >= 0.3 is 0 Å². The lowest BCUT2D eigenvalue weighted by Gasteiger charge is -2.30. The molecule has 12 aromatic carbocycles. The van der Waals surface area contributed by atoms with E-state index >= 15 is 0 Å². The number of hydrogen-bond donors (Lipinski definition) is 0. The fraction of sp³-hybridized carbons (Fsp3) is 0.105. The lowest BCUT2D eigenvalue weighted by atomic mass is 9.72. The van der Waals surface area contributed by atoms with Crippen LogP contribution in [0.1, 0.15) is 73.6 Å². The minimum absolute atomic E-state index is 0.264. The molecule has 1 nitrogen and oxygen atoms in total. The van der Waals surface area contributed by atoms with Gasteiger partial charge in [-0.1, -0.05) is 228 Å². The SMILES string of the molecule is CC1(C)c2cc3c(cc2-c2c1cc(-c1ccccc1-c1ccccc1)c1ccccc21)C(C)(c1ccccc1)c1cc2c(cc1-3)C(C)(C)c1cc(-c3cccc4c3oc3c(-c5ccccc5)cccc34)c3ccccc3c1-2. The fourth-order valence-electron chi connectivity index (χ4n) is 14.7. The zero-order valence-electron chi connectivity index (χ0n) is 43.9. The zero-order valence-corrected chi connectivity index (χ0v) is 43.9. The molecule has 0 bridgehead atoms. The molecule has 77 heavy (non-hydrogen) atoms. The van der Waals surface area contributed by atoms with Gasteiger partial charge in [0.1, 0.15) is 11.2 Å². The summed E-state index contributed by atoms with van der Waals surface area (Å²) in [4.78, 5) is 0. The highest BCUT2D eigenvalue weighted by atomic mass is 16.3. The van der Waals surface area contributed by atoms with E-state index in [-0.39, 0.29) is 10.8 Å². The predicted octanol–water partition coefficient (Wildman–Crippen LogP) is 20.5. The third-order valence-corrected chi connectivity index (χ3v) is 18.6. The number of rotatable bonds is 5. The van der Waals surface area contributed by atoms with Crippen LogP contribution in [-0.4, -0.2) is 0 Å². The van der Waals surface area contributed by atoms with Gasteiger partial charge in [0.15, 0.2) is 0 Å². The van der Waals surface area contributed by atoms with Crippen molar-refractivity contribution < 1.29 is 4.42 Å². The maximum absolute atomic E-state index is 7.09. The molecule has 0 amide bonds. The molecule has 0 aliphatic heterocycles. The van der Waals surface area contributed by atoms with Crippen molar-refractivity contribution in [3.63, 3.8) is 0 Å². The summed E-state index contributed by atoms with van der Waals surface area (Å²) in [6.07, 6.45) is 0.